The first-order chi connectivity index (χ1) is 16.4. The fraction of sp³-hybridized carbons (Fsp3) is 0.345. The number of benzene rings is 3. The number of phenols is 1. The molecular weight excluding hydrogens is 427 g/mol. The lowest BCUT2D eigenvalue weighted by atomic mass is 9.88. The van der Waals surface area contributed by atoms with Gasteiger partial charge in [-0.3, -0.25) is 9.69 Å². The molecule has 2 atom stereocenters. The second kappa shape index (κ2) is 10.8. The molecule has 0 aromatic heterocycles. The zero-order valence-corrected chi connectivity index (χ0v) is 19.9. The van der Waals surface area contributed by atoms with Crippen LogP contribution in [0.4, 0.5) is 4.39 Å². The summed E-state index contributed by atoms with van der Waals surface area (Å²) in [6.07, 6.45) is 0. The minimum absolute atomic E-state index is 0.128. The molecule has 1 amide bonds. The van der Waals surface area contributed by atoms with Gasteiger partial charge < -0.3 is 10.0 Å². The Bertz CT molecular complexity index is 1100. The van der Waals surface area contributed by atoms with E-state index in [2.05, 4.69) is 43.0 Å². The van der Waals surface area contributed by atoms with Crippen molar-refractivity contribution in [2.75, 3.05) is 26.2 Å². The normalized spacial score (nSPS) is 18.4. The van der Waals surface area contributed by atoms with Crippen molar-refractivity contribution in [3.05, 3.63) is 101 Å². The number of para-hydroxylation sites is 1. The Labute approximate surface area is 201 Å². The Balaban J connectivity index is 1.59. The van der Waals surface area contributed by atoms with Crippen molar-refractivity contribution in [1.29, 1.82) is 0 Å². The van der Waals surface area contributed by atoms with E-state index in [1.165, 1.54) is 11.6 Å². The van der Waals surface area contributed by atoms with Crippen LogP contribution in [0, 0.1) is 17.7 Å². The predicted octanol–water partition coefficient (Wildman–Crippen LogP) is 5.55. The number of likely N-dealkylation sites (tertiary alicyclic amines) is 1. The van der Waals surface area contributed by atoms with E-state index < -0.39 is 5.82 Å². The van der Waals surface area contributed by atoms with Crippen molar-refractivity contribution < 1.29 is 14.3 Å². The minimum atomic E-state index is -0.478. The van der Waals surface area contributed by atoms with E-state index in [0.717, 1.165) is 18.7 Å². The van der Waals surface area contributed by atoms with E-state index in [4.69, 9.17) is 0 Å². The molecule has 4 rings (SSSR count). The van der Waals surface area contributed by atoms with Gasteiger partial charge in [0.05, 0.1) is 5.56 Å². The van der Waals surface area contributed by atoms with Gasteiger partial charge >= 0.3 is 0 Å². The molecule has 34 heavy (non-hydrogen) atoms. The van der Waals surface area contributed by atoms with E-state index in [1.54, 1.807) is 24.3 Å². The van der Waals surface area contributed by atoms with Crippen LogP contribution in [0.5, 0.6) is 5.75 Å². The Morgan fingerprint density at radius 2 is 1.68 bits per heavy atom. The number of hydrogen-bond acceptors (Lipinski definition) is 3. The first-order valence-corrected chi connectivity index (χ1v) is 12.0. The van der Waals surface area contributed by atoms with E-state index in [-0.39, 0.29) is 29.2 Å². The number of phenolic OH excluding ortho intramolecular Hbond substituents is 1. The van der Waals surface area contributed by atoms with Crippen molar-refractivity contribution >= 4 is 5.91 Å². The van der Waals surface area contributed by atoms with Gasteiger partial charge in [-0.15, -0.1) is 0 Å². The molecule has 0 radical (unpaired) electrons. The lowest BCUT2D eigenvalue weighted by molar-refractivity contribution is 0.0698. The maximum atomic E-state index is 14.5. The molecule has 2 unspecified atom stereocenters. The Kier molecular flexibility index (Phi) is 7.63. The second-order valence-corrected chi connectivity index (χ2v) is 9.68. The number of carbonyl (C=O) groups is 1. The van der Waals surface area contributed by atoms with Crippen LogP contribution in [0.25, 0.3) is 0 Å². The molecular formula is C29H33FN2O2. The number of hydrogen-bond donors (Lipinski definition) is 1. The van der Waals surface area contributed by atoms with Crippen LogP contribution in [-0.2, 0) is 6.54 Å². The molecule has 1 saturated heterocycles. The van der Waals surface area contributed by atoms with Crippen molar-refractivity contribution in [3.8, 4) is 5.75 Å². The fourth-order valence-electron chi connectivity index (χ4n) is 5.01. The summed E-state index contributed by atoms with van der Waals surface area (Å²) in [5.41, 5.74) is 2.27. The summed E-state index contributed by atoms with van der Waals surface area (Å²) in [6.45, 7) is 7.58. The molecule has 1 heterocycles. The number of halogens is 1. The number of nitrogens with zero attached hydrogens (tertiary/aromatic N) is 2. The zero-order chi connectivity index (χ0) is 24.1. The molecule has 3 aromatic carbocycles. The summed E-state index contributed by atoms with van der Waals surface area (Å²) in [7, 11) is 0. The molecule has 0 saturated carbocycles. The first-order valence-electron chi connectivity index (χ1n) is 12.0. The Morgan fingerprint density at radius 3 is 2.38 bits per heavy atom. The predicted molar refractivity (Wildman–Crippen MR) is 133 cm³/mol. The number of rotatable bonds is 8. The maximum absolute atomic E-state index is 14.5. The van der Waals surface area contributed by atoms with E-state index in [9.17, 15) is 14.3 Å². The van der Waals surface area contributed by atoms with Crippen LogP contribution < -0.4 is 0 Å². The summed E-state index contributed by atoms with van der Waals surface area (Å²) in [4.78, 5) is 17.6. The smallest absolute Gasteiger partial charge is 0.256 e. The molecule has 0 aliphatic carbocycles. The van der Waals surface area contributed by atoms with Crippen LogP contribution in [0.1, 0.15) is 41.3 Å². The van der Waals surface area contributed by atoms with Gasteiger partial charge in [-0.1, -0.05) is 74.5 Å². The summed E-state index contributed by atoms with van der Waals surface area (Å²) >= 11 is 0. The topological polar surface area (TPSA) is 43.8 Å². The third-order valence-electron chi connectivity index (χ3n) is 6.56. The first kappa shape index (κ1) is 24.0. The standard InChI is InChI=1S/C29H33FN2O2/c1-21(2)16-32(29(34)25-13-7-8-14-27(25)30)19-24-18-31(17-23-12-6-9-15-28(23)33)20-26(24)22-10-4-3-5-11-22/h3-15,21,24,26,33H,16-20H2,1-2H3. The average Bonchev–Trinajstić information content (AvgIpc) is 3.22. The Morgan fingerprint density at radius 1 is 1.00 bits per heavy atom. The molecule has 1 aliphatic rings. The van der Waals surface area contributed by atoms with Gasteiger partial charge in [0.2, 0.25) is 0 Å². The maximum Gasteiger partial charge on any atom is 0.256 e. The molecule has 1 N–H and O–H groups in total. The van der Waals surface area contributed by atoms with E-state index in [1.807, 2.05) is 29.2 Å². The van der Waals surface area contributed by atoms with Crippen molar-refractivity contribution in [2.24, 2.45) is 11.8 Å². The van der Waals surface area contributed by atoms with Gasteiger partial charge in [0.15, 0.2) is 0 Å². The second-order valence-electron chi connectivity index (χ2n) is 9.68. The van der Waals surface area contributed by atoms with Crippen molar-refractivity contribution in [2.45, 2.75) is 26.3 Å². The molecule has 0 bridgehead atoms. The fourth-order valence-corrected chi connectivity index (χ4v) is 5.01. The lowest BCUT2D eigenvalue weighted by Crippen LogP contribution is -2.40. The summed E-state index contributed by atoms with van der Waals surface area (Å²) < 4.78 is 14.5. The lowest BCUT2D eigenvalue weighted by Gasteiger charge is -2.30. The molecule has 4 nitrogen and oxygen atoms in total. The highest BCUT2D eigenvalue weighted by Gasteiger charge is 2.36. The third kappa shape index (κ3) is 5.65. The van der Waals surface area contributed by atoms with E-state index in [0.29, 0.717) is 25.4 Å². The van der Waals surface area contributed by atoms with Crippen LogP contribution in [-0.4, -0.2) is 47.0 Å². The molecule has 0 spiro atoms. The van der Waals surface area contributed by atoms with Gasteiger partial charge in [0, 0.05) is 44.2 Å². The summed E-state index contributed by atoms with van der Waals surface area (Å²) in [6, 6.07) is 24.1. The number of carbonyl (C=O) groups excluding carboxylic acids is 1. The third-order valence-corrected chi connectivity index (χ3v) is 6.56. The highest BCUT2D eigenvalue weighted by Crippen LogP contribution is 2.35. The average molecular weight is 461 g/mol. The zero-order valence-electron chi connectivity index (χ0n) is 19.9. The summed E-state index contributed by atoms with van der Waals surface area (Å²) in [5, 5.41) is 10.3. The van der Waals surface area contributed by atoms with Crippen LogP contribution >= 0.6 is 0 Å². The van der Waals surface area contributed by atoms with Gasteiger partial charge in [0.1, 0.15) is 11.6 Å². The minimum Gasteiger partial charge on any atom is -0.508 e. The van der Waals surface area contributed by atoms with Crippen LogP contribution in [0.2, 0.25) is 0 Å². The summed E-state index contributed by atoms with van der Waals surface area (Å²) in [5.74, 6) is 0.284. The molecule has 3 aromatic rings. The number of aromatic hydroxyl groups is 1. The highest BCUT2D eigenvalue weighted by molar-refractivity contribution is 5.94. The van der Waals surface area contributed by atoms with Gasteiger partial charge in [-0.05, 0) is 35.6 Å². The quantitative estimate of drug-likeness (QED) is 0.480. The SMILES string of the molecule is CC(C)CN(CC1CN(Cc2ccccc2O)CC1c1ccccc1)C(=O)c1ccccc1F. The van der Waals surface area contributed by atoms with Gasteiger partial charge in [-0.2, -0.15) is 0 Å². The van der Waals surface area contributed by atoms with Gasteiger partial charge in [0.25, 0.3) is 5.91 Å². The molecule has 5 heteroatoms. The molecule has 1 fully saturated rings. The number of amides is 1. The monoisotopic (exact) mass is 460 g/mol. The largest absolute Gasteiger partial charge is 0.508 e. The molecule has 178 valence electrons. The highest BCUT2D eigenvalue weighted by atomic mass is 19.1. The van der Waals surface area contributed by atoms with Crippen molar-refractivity contribution in [3.63, 3.8) is 0 Å². The Hall–Kier alpha value is -3.18. The molecule has 1 aliphatic heterocycles. The van der Waals surface area contributed by atoms with Gasteiger partial charge in [-0.25, -0.2) is 4.39 Å². The van der Waals surface area contributed by atoms with Crippen LogP contribution in [0.15, 0.2) is 78.9 Å². The van der Waals surface area contributed by atoms with E-state index >= 15 is 0 Å². The van der Waals surface area contributed by atoms with Crippen LogP contribution in [0.3, 0.4) is 0 Å². The van der Waals surface area contributed by atoms with Crippen molar-refractivity contribution in [1.82, 2.24) is 9.80 Å².